The molecule has 1 aliphatic heterocycles. The van der Waals surface area contributed by atoms with Crippen LogP contribution in [0.25, 0.3) is 10.9 Å². The Morgan fingerprint density at radius 2 is 1.93 bits per heavy atom. The normalized spacial score (nSPS) is 16.4. The molecule has 1 aliphatic rings. The molecule has 2 aromatic carbocycles. The number of allylic oxidation sites excluding steroid dienone is 1. The summed E-state index contributed by atoms with van der Waals surface area (Å²) in [6.07, 6.45) is 3.95. The van der Waals surface area contributed by atoms with Gasteiger partial charge in [0.1, 0.15) is 11.5 Å². The largest absolute Gasteiger partial charge is 0.492 e. The second-order valence-corrected chi connectivity index (χ2v) is 6.88. The van der Waals surface area contributed by atoms with Crippen LogP contribution in [-0.4, -0.2) is 11.2 Å². The van der Waals surface area contributed by atoms with Gasteiger partial charge in [-0.25, -0.2) is 0 Å². The van der Waals surface area contributed by atoms with E-state index in [0.29, 0.717) is 6.61 Å². The molecule has 0 radical (unpaired) electrons. The summed E-state index contributed by atoms with van der Waals surface area (Å²) in [7, 11) is 0. The monoisotopic (exact) mass is 362 g/mol. The zero-order valence-electron chi connectivity index (χ0n) is 15.9. The van der Waals surface area contributed by atoms with Crippen molar-refractivity contribution in [1.82, 2.24) is 9.88 Å². The zero-order valence-corrected chi connectivity index (χ0v) is 15.9. The van der Waals surface area contributed by atoms with E-state index in [0.717, 1.165) is 42.2 Å². The van der Waals surface area contributed by atoms with Gasteiger partial charge >= 0.3 is 0 Å². The highest BCUT2D eigenvalue weighted by Crippen LogP contribution is 2.30. The maximum Gasteiger partial charge on any atom is 0.195 e. The minimum Gasteiger partial charge on any atom is -0.492 e. The van der Waals surface area contributed by atoms with Crippen molar-refractivity contribution < 1.29 is 9.47 Å². The van der Waals surface area contributed by atoms with Crippen molar-refractivity contribution in [3.05, 3.63) is 77.8 Å². The maximum atomic E-state index is 6.12. The Hall–Kier alpha value is -2.88. The van der Waals surface area contributed by atoms with Crippen LogP contribution in [0.5, 0.6) is 5.75 Å². The molecular formula is C23H26N2O2. The first-order chi connectivity index (χ1) is 13.3. The molecule has 2 heterocycles. The number of fused-ring (bicyclic) bond motifs is 1. The van der Waals surface area contributed by atoms with E-state index in [1.165, 1.54) is 10.9 Å². The van der Waals surface area contributed by atoms with E-state index >= 15 is 0 Å². The van der Waals surface area contributed by atoms with Gasteiger partial charge in [0.25, 0.3) is 0 Å². The van der Waals surface area contributed by atoms with E-state index in [9.17, 15) is 0 Å². The molecule has 4 heteroatoms. The first-order valence-corrected chi connectivity index (χ1v) is 9.65. The Balaban J connectivity index is 1.39. The second kappa shape index (κ2) is 7.78. The minimum absolute atomic E-state index is 0.104. The molecule has 4 nitrogen and oxygen atoms in total. The number of rotatable bonds is 7. The highest BCUT2D eigenvalue weighted by molar-refractivity contribution is 5.86. The summed E-state index contributed by atoms with van der Waals surface area (Å²) < 4.78 is 14.4. The summed E-state index contributed by atoms with van der Waals surface area (Å²) in [4.78, 5) is 0. The molecule has 1 unspecified atom stereocenters. The number of aryl methyl sites for hydroxylation is 1. The van der Waals surface area contributed by atoms with Crippen molar-refractivity contribution in [3.8, 4) is 5.75 Å². The van der Waals surface area contributed by atoms with Gasteiger partial charge in [0.15, 0.2) is 6.23 Å². The summed E-state index contributed by atoms with van der Waals surface area (Å²) in [5, 5.41) is 4.65. The van der Waals surface area contributed by atoms with E-state index in [-0.39, 0.29) is 6.23 Å². The standard InChI is InChI=1S/C23H26N2O2/c1-3-14-25-15-12-19-21(25)10-7-11-22(19)26-16-13-20-17(2)27-23(24-20)18-8-5-4-6-9-18/h4-12,15,23-24H,3,13-14,16H2,1-2H3. The Kier molecular flexibility index (Phi) is 5.05. The molecule has 0 saturated carbocycles. The van der Waals surface area contributed by atoms with E-state index in [2.05, 4.69) is 53.3 Å². The molecule has 0 aliphatic carbocycles. The van der Waals surface area contributed by atoms with Crippen LogP contribution in [0, 0.1) is 0 Å². The Bertz CT molecular complexity index is 943. The third-order valence-corrected chi connectivity index (χ3v) is 4.98. The van der Waals surface area contributed by atoms with Gasteiger partial charge in [-0.2, -0.15) is 0 Å². The van der Waals surface area contributed by atoms with Gasteiger partial charge in [-0.1, -0.05) is 43.3 Å². The number of hydrogen-bond acceptors (Lipinski definition) is 3. The van der Waals surface area contributed by atoms with E-state index in [4.69, 9.17) is 9.47 Å². The third kappa shape index (κ3) is 3.65. The van der Waals surface area contributed by atoms with Gasteiger partial charge in [-0.15, -0.1) is 0 Å². The summed E-state index contributed by atoms with van der Waals surface area (Å²) in [5.41, 5.74) is 3.48. The predicted octanol–water partition coefficient (Wildman–Crippen LogP) is 5.37. The fourth-order valence-electron chi connectivity index (χ4n) is 3.58. The number of benzene rings is 2. The lowest BCUT2D eigenvalue weighted by Crippen LogP contribution is -2.16. The van der Waals surface area contributed by atoms with Crippen LogP contribution < -0.4 is 10.1 Å². The highest BCUT2D eigenvalue weighted by atomic mass is 16.5. The summed E-state index contributed by atoms with van der Waals surface area (Å²) >= 11 is 0. The van der Waals surface area contributed by atoms with Gasteiger partial charge < -0.3 is 19.4 Å². The molecule has 0 saturated heterocycles. The lowest BCUT2D eigenvalue weighted by atomic mass is 10.2. The number of nitrogens with one attached hydrogen (secondary N) is 1. The highest BCUT2D eigenvalue weighted by Gasteiger charge is 2.23. The van der Waals surface area contributed by atoms with Crippen molar-refractivity contribution in [2.75, 3.05) is 6.61 Å². The Morgan fingerprint density at radius 3 is 2.74 bits per heavy atom. The predicted molar refractivity (Wildman–Crippen MR) is 108 cm³/mol. The van der Waals surface area contributed by atoms with Crippen molar-refractivity contribution in [3.63, 3.8) is 0 Å². The first kappa shape index (κ1) is 17.5. The van der Waals surface area contributed by atoms with Gasteiger partial charge in [0.05, 0.1) is 17.8 Å². The van der Waals surface area contributed by atoms with Crippen LogP contribution in [0.15, 0.2) is 72.3 Å². The van der Waals surface area contributed by atoms with Crippen LogP contribution in [-0.2, 0) is 11.3 Å². The molecular weight excluding hydrogens is 336 g/mol. The number of aromatic nitrogens is 1. The minimum atomic E-state index is -0.104. The molecule has 3 aromatic rings. The fourth-order valence-corrected chi connectivity index (χ4v) is 3.58. The molecule has 27 heavy (non-hydrogen) atoms. The average Bonchev–Trinajstić information content (AvgIpc) is 3.27. The lowest BCUT2D eigenvalue weighted by Gasteiger charge is -2.13. The molecule has 1 N–H and O–H groups in total. The van der Waals surface area contributed by atoms with Crippen LogP contribution in [0.3, 0.4) is 0 Å². The summed E-state index contributed by atoms with van der Waals surface area (Å²) in [6, 6.07) is 18.6. The van der Waals surface area contributed by atoms with Gasteiger partial charge in [0.2, 0.25) is 0 Å². The molecule has 4 rings (SSSR count). The zero-order chi connectivity index (χ0) is 18.6. The average molecular weight is 362 g/mol. The van der Waals surface area contributed by atoms with Crippen LogP contribution in [0.4, 0.5) is 0 Å². The van der Waals surface area contributed by atoms with Gasteiger partial charge in [-0.05, 0) is 31.5 Å². The lowest BCUT2D eigenvalue weighted by molar-refractivity contribution is 0.130. The maximum absolute atomic E-state index is 6.12. The van der Waals surface area contributed by atoms with Gasteiger partial charge in [0, 0.05) is 30.1 Å². The SMILES string of the molecule is CCCn1ccc2c(OCCC3=C(C)OC(c4ccccc4)N3)cccc21. The first-order valence-electron chi connectivity index (χ1n) is 9.65. The Labute approximate surface area is 160 Å². The molecule has 1 aromatic heterocycles. The van der Waals surface area contributed by atoms with Crippen LogP contribution >= 0.6 is 0 Å². The molecule has 0 bridgehead atoms. The quantitative estimate of drug-likeness (QED) is 0.614. The fraction of sp³-hybridized carbons (Fsp3) is 0.304. The molecule has 0 fully saturated rings. The smallest absolute Gasteiger partial charge is 0.195 e. The third-order valence-electron chi connectivity index (χ3n) is 4.98. The van der Waals surface area contributed by atoms with Crippen molar-refractivity contribution in [2.24, 2.45) is 0 Å². The molecule has 0 spiro atoms. The van der Waals surface area contributed by atoms with Crippen molar-refractivity contribution >= 4 is 10.9 Å². The summed E-state index contributed by atoms with van der Waals surface area (Å²) in [5.74, 6) is 1.89. The number of ether oxygens (including phenoxy) is 2. The van der Waals surface area contributed by atoms with Gasteiger partial charge in [-0.3, -0.25) is 0 Å². The second-order valence-electron chi connectivity index (χ2n) is 6.88. The molecule has 140 valence electrons. The number of hydrogen-bond donors (Lipinski definition) is 1. The topological polar surface area (TPSA) is 35.4 Å². The van der Waals surface area contributed by atoms with E-state index in [1.807, 2.05) is 31.2 Å². The van der Waals surface area contributed by atoms with Crippen LogP contribution in [0.1, 0.15) is 38.5 Å². The van der Waals surface area contributed by atoms with Crippen molar-refractivity contribution in [2.45, 2.75) is 39.5 Å². The number of nitrogens with zero attached hydrogens (tertiary/aromatic N) is 1. The van der Waals surface area contributed by atoms with Crippen molar-refractivity contribution in [1.29, 1.82) is 0 Å². The molecule has 0 amide bonds. The van der Waals surface area contributed by atoms with E-state index < -0.39 is 0 Å². The van der Waals surface area contributed by atoms with E-state index in [1.54, 1.807) is 0 Å². The summed E-state index contributed by atoms with van der Waals surface area (Å²) in [6.45, 7) is 5.85. The van der Waals surface area contributed by atoms with Crippen LogP contribution in [0.2, 0.25) is 0 Å². The molecule has 1 atom stereocenters. The Morgan fingerprint density at radius 1 is 1.07 bits per heavy atom.